The molecule has 214 valence electrons. The molecule has 2 aromatic rings. The molecule has 0 saturated heterocycles. The second kappa shape index (κ2) is 12.8. The highest BCUT2D eigenvalue weighted by atomic mass is 35.5. The van der Waals surface area contributed by atoms with E-state index < -0.39 is 58.4 Å². The van der Waals surface area contributed by atoms with E-state index in [1.54, 1.807) is 0 Å². The van der Waals surface area contributed by atoms with Gasteiger partial charge in [-0.15, -0.1) is 0 Å². The summed E-state index contributed by atoms with van der Waals surface area (Å²) >= 11 is 17.6. The third-order valence-electron chi connectivity index (χ3n) is 5.77. The number of nitrogens with two attached hydrogens (primary N) is 1. The van der Waals surface area contributed by atoms with E-state index in [9.17, 15) is 35.9 Å². The van der Waals surface area contributed by atoms with Gasteiger partial charge in [0.25, 0.3) is 0 Å². The minimum absolute atomic E-state index is 0.0122. The Bertz CT molecular complexity index is 1240. The molecule has 2 aromatic carbocycles. The lowest BCUT2D eigenvalue weighted by atomic mass is 9.89. The Labute approximate surface area is 236 Å². The van der Waals surface area contributed by atoms with Crippen molar-refractivity contribution in [3.63, 3.8) is 0 Å². The van der Waals surface area contributed by atoms with Gasteiger partial charge in [0, 0.05) is 6.42 Å². The quantitative estimate of drug-likeness (QED) is 0.218. The van der Waals surface area contributed by atoms with E-state index in [2.05, 4.69) is 5.32 Å². The van der Waals surface area contributed by atoms with Crippen LogP contribution in [-0.4, -0.2) is 18.0 Å². The Balaban J connectivity index is 2.72. The molecule has 2 amide bonds. The van der Waals surface area contributed by atoms with Crippen LogP contribution in [0, 0.1) is 5.92 Å². The van der Waals surface area contributed by atoms with Crippen LogP contribution in [-0.2, 0) is 11.0 Å². The van der Waals surface area contributed by atoms with Gasteiger partial charge in [-0.2, -0.15) is 26.3 Å². The molecule has 0 spiro atoms. The molecule has 2 atom stereocenters. The van der Waals surface area contributed by atoms with Gasteiger partial charge in [-0.1, -0.05) is 66.9 Å². The molecule has 0 bridgehead atoms. The first kappa shape index (κ1) is 32.8. The highest BCUT2D eigenvalue weighted by Crippen LogP contribution is 2.43. The van der Waals surface area contributed by atoms with Gasteiger partial charge in [-0.05, 0) is 54.2 Å². The Morgan fingerprint density at radius 3 is 2.03 bits per heavy atom. The van der Waals surface area contributed by atoms with Gasteiger partial charge in [0.15, 0.2) is 0 Å². The van der Waals surface area contributed by atoms with Crippen molar-refractivity contribution in [1.29, 1.82) is 0 Å². The van der Waals surface area contributed by atoms with Crippen LogP contribution in [0.3, 0.4) is 0 Å². The van der Waals surface area contributed by atoms with E-state index in [4.69, 9.17) is 40.5 Å². The highest BCUT2D eigenvalue weighted by molar-refractivity contribution is 6.48. The van der Waals surface area contributed by atoms with Crippen molar-refractivity contribution in [3.8, 4) is 0 Å². The van der Waals surface area contributed by atoms with Crippen LogP contribution in [0.5, 0.6) is 0 Å². The molecule has 0 heterocycles. The summed E-state index contributed by atoms with van der Waals surface area (Å²) in [7, 11) is 0. The molecule has 0 aliphatic heterocycles. The summed E-state index contributed by atoms with van der Waals surface area (Å²) in [5, 5.41) is 1.80. The summed E-state index contributed by atoms with van der Waals surface area (Å²) in [6.45, 7) is 4.95. The van der Waals surface area contributed by atoms with Crippen molar-refractivity contribution in [2.45, 2.75) is 57.9 Å². The summed E-state index contributed by atoms with van der Waals surface area (Å²) in [5.41, 5.74) is 1.51. The van der Waals surface area contributed by atoms with Crippen molar-refractivity contribution in [2.24, 2.45) is 11.7 Å². The number of hydrogen-bond acceptors (Lipinski definition) is 2. The summed E-state index contributed by atoms with van der Waals surface area (Å²) in [6, 6.07) is 2.37. The zero-order valence-electron chi connectivity index (χ0n) is 20.9. The number of amides is 2. The average molecular weight is 618 g/mol. The minimum atomic E-state index is -5.12. The number of carbonyl (C=O) groups is 2. The highest BCUT2D eigenvalue weighted by Gasteiger charge is 2.41. The predicted octanol–water partition coefficient (Wildman–Crippen LogP) is 8.74. The molecular weight excluding hydrogens is 593 g/mol. The number of halogens is 9. The lowest BCUT2D eigenvalue weighted by Gasteiger charge is -2.24. The molecule has 39 heavy (non-hydrogen) atoms. The smallest absolute Gasteiger partial charge is 0.366 e. The van der Waals surface area contributed by atoms with E-state index in [1.165, 1.54) is 6.92 Å². The molecule has 0 fully saturated rings. The average Bonchev–Trinajstić information content (AvgIpc) is 2.79. The van der Waals surface area contributed by atoms with E-state index in [0.29, 0.717) is 12.5 Å². The maximum atomic E-state index is 14.2. The van der Waals surface area contributed by atoms with Crippen LogP contribution < -0.4 is 11.1 Å². The molecule has 0 aliphatic rings. The number of nitrogens with one attached hydrogen (secondary N) is 1. The number of alkyl halides is 6. The van der Waals surface area contributed by atoms with Gasteiger partial charge >= 0.3 is 12.4 Å². The fourth-order valence-electron chi connectivity index (χ4n) is 3.93. The molecule has 1 unspecified atom stereocenters. The summed E-state index contributed by atoms with van der Waals surface area (Å²) in [6.07, 6.45) is -8.09. The lowest BCUT2D eigenvalue weighted by Crippen LogP contribution is -2.30. The lowest BCUT2D eigenvalue weighted by molar-refractivity contribution is -0.140. The molecule has 0 aliphatic carbocycles. The number of allylic oxidation sites excluding steroid dienone is 1. The van der Waals surface area contributed by atoms with Gasteiger partial charge in [-0.25, -0.2) is 0 Å². The van der Waals surface area contributed by atoms with Gasteiger partial charge in [-0.3, -0.25) is 9.59 Å². The Hall–Kier alpha value is -2.43. The minimum Gasteiger partial charge on any atom is -0.366 e. The van der Waals surface area contributed by atoms with Crippen molar-refractivity contribution in [3.05, 3.63) is 73.2 Å². The van der Waals surface area contributed by atoms with Crippen molar-refractivity contribution in [1.82, 2.24) is 5.32 Å². The zero-order chi connectivity index (χ0) is 29.9. The number of hydrogen-bond donors (Lipinski definition) is 2. The molecular formula is C26H25Cl3F6N2O2. The maximum Gasteiger partial charge on any atom is 0.417 e. The normalized spacial score (nSPS) is 14.1. The van der Waals surface area contributed by atoms with Gasteiger partial charge in [0.05, 0.1) is 38.2 Å². The van der Waals surface area contributed by atoms with Gasteiger partial charge in [0.2, 0.25) is 11.8 Å². The topological polar surface area (TPSA) is 72.2 Å². The van der Waals surface area contributed by atoms with E-state index in [0.717, 1.165) is 30.3 Å². The summed E-state index contributed by atoms with van der Waals surface area (Å²) < 4.78 is 84.7. The third-order valence-corrected chi connectivity index (χ3v) is 6.97. The second-order valence-electron chi connectivity index (χ2n) is 9.25. The van der Waals surface area contributed by atoms with E-state index in [-0.39, 0.29) is 33.0 Å². The van der Waals surface area contributed by atoms with Crippen LogP contribution in [0.15, 0.2) is 30.3 Å². The number of rotatable bonds is 9. The molecule has 0 radical (unpaired) electrons. The van der Waals surface area contributed by atoms with Crippen LogP contribution >= 0.6 is 34.8 Å². The molecule has 2 rings (SSSR count). The van der Waals surface area contributed by atoms with Gasteiger partial charge < -0.3 is 11.1 Å². The van der Waals surface area contributed by atoms with Crippen LogP contribution in [0.4, 0.5) is 26.3 Å². The molecule has 13 heteroatoms. The second-order valence-corrected chi connectivity index (χ2v) is 10.4. The molecule has 0 saturated carbocycles. The van der Waals surface area contributed by atoms with Crippen LogP contribution in [0.1, 0.15) is 78.2 Å². The first-order valence-corrected chi connectivity index (χ1v) is 12.7. The number of primary amides is 1. The molecule has 0 aromatic heterocycles. The Morgan fingerprint density at radius 1 is 1.00 bits per heavy atom. The van der Waals surface area contributed by atoms with Gasteiger partial charge in [0.1, 0.15) is 0 Å². The predicted molar refractivity (Wildman–Crippen MR) is 140 cm³/mol. The third kappa shape index (κ3) is 8.53. The first-order chi connectivity index (χ1) is 17.8. The summed E-state index contributed by atoms with van der Waals surface area (Å²) in [5.74, 6) is -4.15. The van der Waals surface area contributed by atoms with E-state index in [1.807, 2.05) is 13.8 Å². The largest absolute Gasteiger partial charge is 0.417 e. The maximum absolute atomic E-state index is 14.2. The SMILES string of the molecule is CC(C)CCC(=O)N[C@H](C)c1c(/C=C/C(c2cc(Cl)c(Cl)c(Cl)c2)C(F)(F)F)ccc(C(N)=O)c1C(F)(F)F. The zero-order valence-corrected chi connectivity index (χ0v) is 23.2. The summed E-state index contributed by atoms with van der Waals surface area (Å²) in [4.78, 5) is 24.3. The van der Waals surface area contributed by atoms with Crippen molar-refractivity contribution < 1.29 is 35.9 Å². The fraction of sp³-hybridized carbons (Fsp3) is 0.385. The fourth-order valence-corrected chi connectivity index (χ4v) is 4.54. The first-order valence-electron chi connectivity index (χ1n) is 11.6. The molecule has 3 N–H and O–H groups in total. The van der Waals surface area contributed by atoms with Crippen LogP contribution in [0.25, 0.3) is 6.08 Å². The number of carbonyl (C=O) groups excluding carboxylic acids is 2. The van der Waals surface area contributed by atoms with Crippen LogP contribution in [0.2, 0.25) is 15.1 Å². The standard InChI is InChI=1S/C26H25Cl3F6N2O2/c1-12(2)4-9-20(38)37-13(3)21-14(5-7-16(24(36)39)22(21)26(33,34)35)6-8-17(25(30,31)32)15-10-18(27)23(29)19(28)11-15/h5-8,10-13,17H,4,9H2,1-3H3,(H2,36,39)(H,37,38)/b8-6+/t13-,17?/m1/s1. The van der Waals surface area contributed by atoms with Crippen molar-refractivity contribution in [2.75, 3.05) is 0 Å². The number of benzene rings is 2. The molecule has 4 nitrogen and oxygen atoms in total. The Morgan fingerprint density at radius 2 is 1.56 bits per heavy atom. The monoisotopic (exact) mass is 616 g/mol. The van der Waals surface area contributed by atoms with Crippen molar-refractivity contribution >= 4 is 52.7 Å². The Kier molecular flexibility index (Phi) is 10.8. The van der Waals surface area contributed by atoms with E-state index >= 15 is 0 Å².